The molecule has 1 heterocycles. The van der Waals surface area contributed by atoms with Crippen LogP contribution in [0.2, 0.25) is 0 Å². The van der Waals surface area contributed by atoms with Crippen molar-refractivity contribution in [2.24, 2.45) is 5.73 Å². The van der Waals surface area contributed by atoms with Crippen molar-refractivity contribution in [1.29, 1.82) is 0 Å². The van der Waals surface area contributed by atoms with Gasteiger partial charge in [0.25, 0.3) is 0 Å². The van der Waals surface area contributed by atoms with Crippen molar-refractivity contribution in [1.82, 2.24) is 10.2 Å². The number of carbonyl (C=O) groups is 1. The van der Waals surface area contributed by atoms with Gasteiger partial charge < -0.3 is 16.0 Å². The molecule has 0 bridgehead atoms. The Kier molecular flexibility index (Phi) is 3.14. The Morgan fingerprint density at radius 1 is 1.54 bits per heavy atom. The third kappa shape index (κ3) is 2.34. The van der Waals surface area contributed by atoms with E-state index in [-0.39, 0.29) is 11.6 Å². The largest absolute Gasteiger partial charge is 0.338 e. The molecule has 0 radical (unpaired) electrons. The van der Waals surface area contributed by atoms with Gasteiger partial charge in [-0.1, -0.05) is 13.3 Å². The van der Waals surface area contributed by atoms with E-state index >= 15 is 0 Å². The molecule has 4 heteroatoms. The Hall–Kier alpha value is -0.770. The van der Waals surface area contributed by atoms with E-state index in [9.17, 15) is 4.79 Å². The van der Waals surface area contributed by atoms with Gasteiger partial charge in [-0.25, -0.2) is 4.79 Å². The summed E-state index contributed by atoms with van der Waals surface area (Å²) in [7, 11) is 0. The molecule has 1 rings (SSSR count). The van der Waals surface area contributed by atoms with Crippen LogP contribution in [0, 0.1) is 0 Å². The molecule has 13 heavy (non-hydrogen) atoms. The van der Waals surface area contributed by atoms with E-state index in [4.69, 9.17) is 5.73 Å². The summed E-state index contributed by atoms with van der Waals surface area (Å²) in [6.45, 7) is 6.11. The van der Waals surface area contributed by atoms with Crippen LogP contribution in [0.5, 0.6) is 0 Å². The summed E-state index contributed by atoms with van der Waals surface area (Å²) in [6, 6.07) is 0.0136. The summed E-state index contributed by atoms with van der Waals surface area (Å²) in [5.41, 5.74) is 5.90. The third-order valence-electron chi connectivity index (χ3n) is 2.37. The van der Waals surface area contributed by atoms with Crippen molar-refractivity contribution < 1.29 is 4.79 Å². The number of amides is 2. The molecule has 1 fully saturated rings. The van der Waals surface area contributed by atoms with Crippen LogP contribution in [-0.2, 0) is 0 Å². The number of hydrogen-bond acceptors (Lipinski definition) is 2. The van der Waals surface area contributed by atoms with Crippen LogP contribution in [0.1, 0.15) is 26.7 Å². The standard InChI is InChI=1S/C9H19N3O/c1-3-5-9(10)6-12(7-9)8(13)11-4-2/h3-7,10H2,1-2H3,(H,11,13). The Morgan fingerprint density at radius 3 is 2.62 bits per heavy atom. The van der Waals surface area contributed by atoms with E-state index in [1.54, 1.807) is 4.90 Å². The van der Waals surface area contributed by atoms with Crippen molar-refractivity contribution >= 4 is 6.03 Å². The molecular weight excluding hydrogens is 166 g/mol. The van der Waals surface area contributed by atoms with Crippen molar-refractivity contribution in [2.75, 3.05) is 19.6 Å². The minimum absolute atomic E-state index is 0.0136. The zero-order chi connectivity index (χ0) is 9.90. The van der Waals surface area contributed by atoms with Gasteiger partial charge in [0.2, 0.25) is 0 Å². The van der Waals surface area contributed by atoms with Gasteiger partial charge in [0.05, 0.1) is 5.54 Å². The van der Waals surface area contributed by atoms with E-state index in [1.807, 2.05) is 6.92 Å². The highest BCUT2D eigenvalue weighted by molar-refractivity contribution is 5.75. The molecule has 0 atom stereocenters. The molecule has 0 spiro atoms. The van der Waals surface area contributed by atoms with Gasteiger partial charge in [-0.3, -0.25) is 0 Å². The second-order valence-corrected chi connectivity index (χ2v) is 3.80. The Balaban J connectivity index is 2.27. The fourth-order valence-corrected chi connectivity index (χ4v) is 1.78. The zero-order valence-electron chi connectivity index (χ0n) is 8.47. The molecule has 2 amide bonds. The summed E-state index contributed by atoms with van der Waals surface area (Å²) in [5, 5.41) is 2.76. The maximum atomic E-state index is 11.3. The van der Waals surface area contributed by atoms with Gasteiger partial charge in [-0.15, -0.1) is 0 Å². The molecule has 3 N–H and O–H groups in total. The molecule has 1 aliphatic rings. The number of carbonyl (C=O) groups excluding carboxylic acids is 1. The molecule has 0 aromatic rings. The van der Waals surface area contributed by atoms with Crippen LogP contribution in [0.25, 0.3) is 0 Å². The SMILES string of the molecule is CCCC1(N)CN(C(=O)NCC)C1. The van der Waals surface area contributed by atoms with E-state index in [2.05, 4.69) is 12.2 Å². The first-order valence-corrected chi connectivity index (χ1v) is 4.93. The number of rotatable bonds is 3. The molecule has 1 saturated heterocycles. The minimum Gasteiger partial charge on any atom is -0.338 e. The van der Waals surface area contributed by atoms with Gasteiger partial charge in [-0.05, 0) is 13.3 Å². The van der Waals surface area contributed by atoms with Crippen LogP contribution < -0.4 is 11.1 Å². The van der Waals surface area contributed by atoms with Crippen molar-refractivity contribution in [3.05, 3.63) is 0 Å². The second kappa shape index (κ2) is 3.96. The number of nitrogens with zero attached hydrogens (tertiary/aromatic N) is 1. The van der Waals surface area contributed by atoms with Crippen LogP contribution in [0.4, 0.5) is 4.79 Å². The lowest BCUT2D eigenvalue weighted by Crippen LogP contribution is -2.69. The fourth-order valence-electron chi connectivity index (χ4n) is 1.78. The van der Waals surface area contributed by atoms with E-state index in [0.29, 0.717) is 19.6 Å². The maximum absolute atomic E-state index is 11.3. The number of hydrogen-bond donors (Lipinski definition) is 2. The number of nitrogens with one attached hydrogen (secondary N) is 1. The van der Waals surface area contributed by atoms with Crippen molar-refractivity contribution in [3.63, 3.8) is 0 Å². The minimum atomic E-state index is -0.111. The fraction of sp³-hybridized carbons (Fsp3) is 0.889. The predicted octanol–water partition coefficient (Wildman–Crippen LogP) is 0.529. The summed E-state index contributed by atoms with van der Waals surface area (Å²) in [5.74, 6) is 0. The number of nitrogens with two attached hydrogens (primary N) is 1. The molecule has 76 valence electrons. The maximum Gasteiger partial charge on any atom is 0.317 e. The lowest BCUT2D eigenvalue weighted by Gasteiger charge is -2.47. The molecule has 0 saturated carbocycles. The van der Waals surface area contributed by atoms with Crippen molar-refractivity contribution in [2.45, 2.75) is 32.2 Å². The first-order chi connectivity index (χ1) is 6.11. The topological polar surface area (TPSA) is 58.4 Å². The van der Waals surface area contributed by atoms with Gasteiger partial charge in [0.15, 0.2) is 0 Å². The summed E-state index contributed by atoms with van der Waals surface area (Å²) < 4.78 is 0. The Labute approximate surface area is 79.5 Å². The quantitative estimate of drug-likeness (QED) is 0.674. The van der Waals surface area contributed by atoms with Gasteiger partial charge in [0.1, 0.15) is 0 Å². The average Bonchev–Trinajstić information content (AvgIpc) is 2.01. The van der Waals surface area contributed by atoms with Gasteiger partial charge in [-0.2, -0.15) is 0 Å². The van der Waals surface area contributed by atoms with Crippen molar-refractivity contribution in [3.8, 4) is 0 Å². The zero-order valence-corrected chi connectivity index (χ0v) is 8.47. The lowest BCUT2D eigenvalue weighted by atomic mass is 9.87. The second-order valence-electron chi connectivity index (χ2n) is 3.80. The Morgan fingerprint density at radius 2 is 2.15 bits per heavy atom. The smallest absolute Gasteiger partial charge is 0.317 e. The summed E-state index contributed by atoms with van der Waals surface area (Å²) in [6.07, 6.45) is 2.09. The molecule has 0 aromatic carbocycles. The van der Waals surface area contributed by atoms with Gasteiger partial charge >= 0.3 is 6.03 Å². The van der Waals surface area contributed by atoms with Gasteiger partial charge in [0, 0.05) is 19.6 Å². The van der Waals surface area contributed by atoms with E-state index in [1.165, 1.54) is 0 Å². The van der Waals surface area contributed by atoms with Crippen LogP contribution in [0.3, 0.4) is 0 Å². The molecule has 0 aromatic heterocycles. The highest BCUT2D eigenvalue weighted by Crippen LogP contribution is 2.22. The molecule has 4 nitrogen and oxygen atoms in total. The third-order valence-corrected chi connectivity index (χ3v) is 2.37. The molecule has 0 aliphatic carbocycles. The molecular formula is C9H19N3O. The summed E-state index contributed by atoms with van der Waals surface area (Å²) in [4.78, 5) is 13.0. The van der Waals surface area contributed by atoms with Crippen LogP contribution in [-0.4, -0.2) is 36.1 Å². The highest BCUT2D eigenvalue weighted by Gasteiger charge is 2.40. The van der Waals surface area contributed by atoms with E-state index < -0.39 is 0 Å². The number of urea groups is 1. The first kappa shape index (κ1) is 10.3. The van der Waals surface area contributed by atoms with E-state index in [0.717, 1.165) is 12.8 Å². The Bertz CT molecular complexity index is 187. The van der Waals surface area contributed by atoms with Crippen LogP contribution >= 0.6 is 0 Å². The lowest BCUT2D eigenvalue weighted by molar-refractivity contribution is 0.0902. The average molecular weight is 185 g/mol. The monoisotopic (exact) mass is 185 g/mol. The molecule has 0 unspecified atom stereocenters. The number of likely N-dealkylation sites (tertiary alicyclic amines) is 1. The highest BCUT2D eigenvalue weighted by atomic mass is 16.2. The first-order valence-electron chi connectivity index (χ1n) is 4.93. The molecule has 1 aliphatic heterocycles. The predicted molar refractivity (Wildman–Crippen MR) is 52.5 cm³/mol. The van der Waals surface area contributed by atoms with Crippen LogP contribution in [0.15, 0.2) is 0 Å². The summed E-state index contributed by atoms with van der Waals surface area (Å²) >= 11 is 0. The normalized spacial score (nSPS) is 19.5.